The topological polar surface area (TPSA) is 57.8 Å². The number of aromatic nitrogens is 1. The SMILES string of the molecule is Cc1cc(/C=C(\C#N)C(=O)N[C@@H]2CCCC[C@@H]2C)c(C)n1-c1ccc(F)cc1. The highest BCUT2D eigenvalue weighted by molar-refractivity contribution is 6.02. The molecule has 1 saturated carbocycles. The van der Waals surface area contributed by atoms with Crippen LogP contribution in [-0.2, 0) is 4.79 Å². The number of rotatable bonds is 4. The minimum Gasteiger partial charge on any atom is -0.348 e. The fourth-order valence-electron chi connectivity index (χ4n) is 4.00. The number of nitrogens with one attached hydrogen (secondary N) is 1. The molecule has 0 aliphatic heterocycles. The molecule has 0 bridgehead atoms. The summed E-state index contributed by atoms with van der Waals surface area (Å²) in [6.45, 7) is 6.03. The van der Waals surface area contributed by atoms with Crippen LogP contribution in [0.5, 0.6) is 0 Å². The van der Waals surface area contributed by atoms with Gasteiger partial charge >= 0.3 is 0 Å². The van der Waals surface area contributed by atoms with Crippen LogP contribution in [-0.4, -0.2) is 16.5 Å². The average molecular weight is 379 g/mol. The van der Waals surface area contributed by atoms with E-state index in [0.29, 0.717) is 5.92 Å². The molecule has 0 spiro atoms. The number of halogens is 1. The van der Waals surface area contributed by atoms with E-state index in [2.05, 4.69) is 12.2 Å². The first kappa shape index (κ1) is 19.9. The molecule has 1 heterocycles. The molecule has 1 aliphatic carbocycles. The third kappa shape index (κ3) is 4.17. The van der Waals surface area contributed by atoms with Gasteiger partial charge in [0.2, 0.25) is 0 Å². The van der Waals surface area contributed by atoms with Gasteiger partial charge in [-0.15, -0.1) is 0 Å². The van der Waals surface area contributed by atoms with Crippen molar-refractivity contribution >= 4 is 12.0 Å². The highest BCUT2D eigenvalue weighted by atomic mass is 19.1. The molecule has 1 aromatic heterocycles. The minimum atomic E-state index is -0.312. The Morgan fingerprint density at radius 2 is 1.93 bits per heavy atom. The van der Waals surface area contributed by atoms with Crippen LogP contribution in [0.3, 0.4) is 0 Å². The van der Waals surface area contributed by atoms with E-state index in [1.165, 1.54) is 18.6 Å². The Hall–Kier alpha value is -2.87. The Morgan fingerprint density at radius 3 is 2.57 bits per heavy atom. The van der Waals surface area contributed by atoms with Gasteiger partial charge in [0.15, 0.2) is 0 Å². The Balaban J connectivity index is 1.86. The lowest BCUT2D eigenvalue weighted by atomic mass is 9.86. The zero-order valence-electron chi connectivity index (χ0n) is 16.6. The lowest BCUT2D eigenvalue weighted by Gasteiger charge is -2.29. The Labute approximate surface area is 165 Å². The van der Waals surface area contributed by atoms with Gasteiger partial charge in [-0.3, -0.25) is 4.79 Å². The summed E-state index contributed by atoms with van der Waals surface area (Å²) in [6, 6.07) is 10.4. The fraction of sp³-hybridized carbons (Fsp3) is 0.391. The fourth-order valence-corrected chi connectivity index (χ4v) is 4.00. The van der Waals surface area contributed by atoms with Crippen LogP contribution in [0.1, 0.15) is 49.6 Å². The minimum absolute atomic E-state index is 0.108. The third-order valence-electron chi connectivity index (χ3n) is 5.65. The summed E-state index contributed by atoms with van der Waals surface area (Å²) < 4.78 is 15.2. The monoisotopic (exact) mass is 379 g/mol. The highest BCUT2D eigenvalue weighted by Crippen LogP contribution is 2.25. The predicted molar refractivity (Wildman–Crippen MR) is 108 cm³/mol. The first-order valence-electron chi connectivity index (χ1n) is 9.78. The van der Waals surface area contributed by atoms with Crippen LogP contribution in [0.15, 0.2) is 35.9 Å². The molecule has 1 aromatic carbocycles. The van der Waals surface area contributed by atoms with Gasteiger partial charge in [0.1, 0.15) is 17.5 Å². The van der Waals surface area contributed by atoms with Crippen LogP contribution in [0.2, 0.25) is 0 Å². The van der Waals surface area contributed by atoms with Crippen molar-refractivity contribution in [2.75, 3.05) is 0 Å². The van der Waals surface area contributed by atoms with Gasteiger partial charge in [0, 0.05) is 23.1 Å². The summed E-state index contributed by atoms with van der Waals surface area (Å²) in [5, 5.41) is 12.6. The summed E-state index contributed by atoms with van der Waals surface area (Å²) in [4.78, 5) is 12.7. The quantitative estimate of drug-likeness (QED) is 0.611. The van der Waals surface area contributed by atoms with Crippen molar-refractivity contribution in [2.45, 2.75) is 52.5 Å². The van der Waals surface area contributed by atoms with Gasteiger partial charge in [-0.25, -0.2) is 4.39 Å². The van der Waals surface area contributed by atoms with E-state index >= 15 is 0 Å². The summed E-state index contributed by atoms with van der Waals surface area (Å²) in [5.74, 6) is -0.166. The molecule has 2 atom stereocenters. The number of benzene rings is 1. The molecule has 5 heteroatoms. The first-order chi connectivity index (χ1) is 13.4. The molecular formula is C23H26FN3O. The van der Waals surface area contributed by atoms with Crippen molar-refractivity contribution in [1.82, 2.24) is 9.88 Å². The van der Waals surface area contributed by atoms with Gasteiger partial charge in [-0.2, -0.15) is 5.26 Å². The van der Waals surface area contributed by atoms with E-state index < -0.39 is 0 Å². The van der Waals surface area contributed by atoms with E-state index in [4.69, 9.17) is 0 Å². The first-order valence-corrected chi connectivity index (χ1v) is 9.78. The van der Waals surface area contributed by atoms with Crippen molar-refractivity contribution in [3.8, 4) is 11.8 Å². The Bertz CT molecular complexity index is 934. The summed E-state index contributed by atoms with van der Waals surface area (Å²) in [5.41, 5.74) is 3.61. The number of nitriles is 1. The number of hydrogen-bond donors (Lipinski definition) is 1. The van der Waals surface area contributed by atoms with Crippen molar-refractivity contribution < 1.29 is 9.18 Å². The summed E-state index contributed by atoms with van der Waals surface area (Å²) in [6.07, 6.45) is 6.02. The van der Waals surface area contributed by atoms with Crippen molar-refractivity contribution in [3.63, 3.8) is 0 Å². The zero-order chi connectivity index (χ0) is 20.3. The second-order valence-electron chi connectivity index (χ2n) is 7.65. The molecule has 0 saturated heterocycles. The van der Waals surface area contributed by atoms with E-state index in [1.807, 2.05) is 30.6 Å². The molecule has 4 nitrogen and oxygen atoms in total. The number of amides is 1. The van der Waals surface area contributed by atoms with E-state index in [9.17, 15) is 14.4 Å². The van der Waals surface area contributed by atoms with Gasteiger partial charge < -0.3 is 9.88 Å². The number of hydrogen-bond acceptors (Lipinski definition) is 2. The molecule has 1 aliphatic rings. The highest BCUT2D eigenvalue weighted by Gasteiger charge is 2.24. The molecule has 146 valence electrons. The predicted octanol–water partition coefficient (Wildman–Crippen LogP) is 4.84. The lowest BCUT2D eigenvalue weighted by Crippen LogP contribution is -2.41. The maximum Gasteiger partial charge on any atom is 0.262 e. The molecule has 3 rings (SSSR count). The molecule has 1 fully saturated rings. The number of aryl methyl sites for hydroxylation is 1. The molecular weight excluding hydrogens is 353 g/mol. The lowest BCUT2D eigenvalue weighted by molar-refractivity contribution is -0.118. The van der Waals surface area contributed by atoms with Crippen LogP contribution in [0.4, 0.5) is 4.39 Å². The standard InChI is InChI=1S/C23H26FN3O/c1-15-6-4-5-7-22(15)26-23(28)19(14-25)13-18-12-16(2)27(17(18)3)21-10-8-20(24)9-11-21/h8-13,15,22H,4-7H2,1-3H3,(H,26,28)/b19-13+/t15-,22+/m0/s1. The number of nitrogens with zero attached hydrogens (tertiary/aromatic N) is 2. The molecule has 0 unspecified atom stereocenters. The zero-order valence-corrected chi connectivity index (χ0v) is 16.6. The van der Waals surface area contributed by atoms with Crippen LogP contribution < -0.4 is 5.32 Å². The molecule has 28 heavy (non-hydrogen) atoms. The van der Waals surface area contributed by atoms with E-state index in [0.717, 1.165) is 41.9 Å². The number of carbonyl (C=O) groups is 1. The Kier molecular flexibility index (Phi) is 5.99. The largest absolute Gasteiger partial charge is 0.348 e. The van der Waals surface area contributed by atoms with Gasteiger partial charge in [-0.1, -0.05) is 19.8 Å². The van der Waals surface area contributed by atoms with Crippen molar-refractivity contribution in [2.24, 2.45) is 5.92 Å². The second-order valence-corrected chi connectivity index (χ2v) is 7.65. The van der Waals surface area contributed by atoms with Gasteiger partial charge in [0.25, 0.3) is 5.91 Å². The van der Waals surface area contributed by atoms with E-state index in [-0.39, 0.29) is 23.3 Å². The molecule has 2 aromatic rings. The third-order valence-corrected chi connectivity index (χ3v) is 5.65. The molecule has 1 amide bonds. The summed E-state index contributed by atoms with van der Waals surface area (Å²) >= 11 is 0. The second kappa shape index (κ2) is 8.43. The molecule has 1 N–H and O–H groups in total. The summed E-state index contributed by atoms with van der Waals surface area (Å²) in [7, 11) is 0. The van der Waals surface area contributed by atoms with Crippen molar-refractivity contribution in [1.29, 1.82) is 5.26 Å². The normalized spacial score (nSPS) is 19.9. The maximum atomic E-state index is 13.2. The van der Waals surface area contributed by atoms with Crippen molar-refractivity contribution in [3.05, 3.63) is 58.7 Å². The van der Waals surface area contributed by atoms with E-state index in [1.54, 1.807) is 18.2 Å². The van der Waals surface area contributed by atoms with Gasteiger partial charge in [0.05, 0.1) is 0 Å². The average Bonchev–Trinajstić information content (AvgIpc) is 2.95. The smallest absolute Gasteiger partial charge is 0.262 e. The Morgan fingerprint density at radius 1 is 1.25 bits per heavy atom. The molecule has 0 radical (unpaired) electrons. The maximum absolute atomic E-state index is 13.2. The van der Waals surface area contributed by atoms with Crippen LogP contribution >= 0.6 is 0 Å². The van der Waals surface area contributed by atoms with Crippen LogP contribution in [0, 0.1) is 36.9 Å². The van der Waals surface area contributed by atoms with Gasteiger partial charge in [-0.05, 0) is 74.6 Å². The number of carbonyl (C=O) groups excluding carboxylic acids is 1. The van der Waals surface area contributed by atoms with Crippen LogP contribution in [0.25, 0.3) is 11.8 Å².